The van der Waals surface area contributed by atoms with E-state index in [1.807, 2.05) is 0 Å². The van der Waals surface area contributed by atoms with Crippen LogP contribution in [0, 0.1) is 18.6 Å². The van der Waals surface area contributed by atoms with E-state index in [9.17, 15) is 22.4 Å². The number of ether oxygens (including phenoxy) is 1. The average molecular weight is 711 g/mol. The minimum Gasteiger partial charge on any atom is -0.453 e. The Labute approximate surface area is 289 Å². The summed E-state index contributed by atoms with van der Waals surface area (Å²) in [7, 11) is -2.66. The van der Waals surface area contributed by atoms with Crippen LogP contribution in [0.15, 0.2) is 95.9 Å². The van der Waals surface area contributed by atoms with Crippen molar-refractivity contribution in [2.45, 2.75) is 42.7 Å². The summed E-state index contributed by atoms with van der Waals surface area (Å²) < 4.78 is 63.5. The molecule has 0 aromatic heterocycles. The highest BCUT2D eigenvalue weighted by Gasteiger charge is 2.35. The van der Waals surface area contributed by atoms with Gasteiger partial charge in [-0.1, -0.05) is 54.1 Å². The first-order valence-electron chi connectivity index (χ1n) is 15.7. The molecule has 3 N–H and O–H groups in total. The molecule has 0 aliphatic carbocycles. The van der Waals surface area contributed by atoms with E-state index in [1.165, 1.54) is 34.6 Å². The first-order valence-corrected chi connectivity index (χ1v) is 17.5. The molecule has 9 nitrogen and oxygen atoms in total. The van der Waals surface area contributed by atoms with Crippen LogP contribution >= 0.6 is 11.6 Å². The van der Waals surface area contributed by atoms with Gasteiger partial charge in [0.1, 0.15) is 17.7 Å². The molecular weight excluding hydrogens is 674 g/mol. The standard InChI is InChI=1S/C36H37ClF2N4O5S/c1-23-19-25(21-27(38)20-23)33(24-11-13-26(37)14-12-24)34(42-36(45)48-2)35(44)41-32-10-6-9-31(39)30(32)16-15-28-22-40-17-18-43(28)49(46,47)29-7-4-3-5-8-29/h3-14,19-21,28,33-34,40H,15-18,22H2,1-2H3,(H,41,44)(H,42,45)/t28-,33-,34-/m0/s1. The predicted octanol–water partition coefficient (Wildman–Crippen LogP) is 6.02. The molecule has 4 aromatic rings. The summed E-state index contributed by atoms with van der Waals surface area (Å²) in [4.78, 5) is 27.0. The number of piperazine rings is 1. The summed E-state index contributed by atoms with van der Waals surface area (Å²) in [6, 6.07) is 21.5. The van der Waals surface area contributed by atoms with E-state index in [0.717, 1.165) is 7.11 Å². The molecule has 5 rings (SSSR count). The van der Waals surface area contributed by atoms with Crippen molar-refractivity contribution in [2.75, 3.05) is 32.1 Å². The lowest BCUT2D eigenvalue weighted by Gasteiger charge is -2.35. The number of alkyl carbamates (subject to hydrolysis) is 1. The molecule has 1 heterocycles. The van der Waals surface area contributed by atoms with Crippen LogP contribution in [0.2, 0.25) is 5.02 Å². The lowest BCUT2D eigenvalue weighted by molar-refractivity contribution is -0.118. The van der Waals surface area contributed by atoms with E-state index >= 15 is 4.39 Å². The second-order valence-corrected chi connectivity index (χ2v) is 14.1. The van der Waals surface area contributed by atoms with Crippen molar-refractivity contribution in [3.05, 3.63) is 130 Å². The Morgan fingerprint density at radius 2 is 1.73 bits per heavy atom. The zero-order chi connectivity index (χ0) is 35.1. The van der Waals surface area contributed by atoms with E-state index in [4.69, 9.17) is 16.3 Å². The van der Waals surface area contributed by atoms with Gasteiger partial charge in [-0.05, 0) is 85.0 Å². The molecule has 0 bridgehead atoms. The zero-order valence-electron chi connectivity index (χ0n) is 27.0. The lowest BCUT2D eigenvalue weighted by atomic mass is 9.83. The highest BCUT2D eigenvalue weighted by atomic mass is 35.5. The second kappa shape index (κ2) is 15.9. The maximum atomic E-state index is 15.5. The smallest absolute Gasteiger partial charge is 0.407 e. The minimum atomic E-state index is -3.81. The summed E-state index contributed by atoms with van der Waals surface area (Å²) in [5.74, 6) is -2.75. The predicted molar refractivity (Wildman–Crippen MR) is 184 cm³/mol. The number of carbonyl (C=O) groups is 2. The number of methoxy groups -OCH3 is 1. The van der Waals surface area contributed by atoms with E-state index in [1.54, 1.807) is 67.6 Å². The number of sulfonamides is 1. The van der Waals surface area contributed by atoms with Gasteiger partial charge in [-0.3, -0.25) is 4.79 Å². The van der Waals surface area contributed by atoms with Crippen LogP contribution in [0.1, 0.15) is 34.6 Å². The molecule has 1 saturated heterocycles. The molecule has 0 radical (unpaired) electrons. The molecule has 1 aliphatic heterocycles. The van der Waals surface area contributed by atoms with Gasteiger partial charge in [0, 0.05) is 47.9 Å². The zero-order valence-corrected chi connectivity index (χ0v) is 28.5. The van der Waals surface area contributed by atoms with Crippen molar-refractivity contribution >= 4 is 39.3 Å². The third kappa shape index (κ3) is 8.63. The van der Waals surface area contributed by atoms with Gasteiger partial charge in [-0.2, -0.15) is 4.31 Å². The number of anilines is 1. The van der Waals surface area contributed by atoms with Crippen molar-refractivity contribution in [2.24, 2.45) is 0 Å². The van der Waals surface area contributed by atoms with E-state index in [2.05, 4.69) is 16.0 Å². The normalized spacial score (nSPS) is 16.4. The number of hydrogen-bond donors (Lipinski definition) is 3. The maximum absolute atomic E-state index is 15.5. The topological polar surface area (TPSA) is 117 Å². The van der Waals surface area contributed by atoms with Crippen LogP contribution in [0.3, 0.4) is 0 Å². The van der Waals surface area contributed by atoms with Crippen LogP contribution in [0.25, 0.3) is 0 Å². The molecule has 3 atom stereocenters. The highest BCUT2D eigenvalue weighted by molar-refractivity contribution is 7.89. The number of benzene rings is 4. The Morgan fingerprint density at radius 1 is 1.00 bits per heavy atom. The lowest BCUT2D eigenvalue weighted by Crippen LogP contribution is -2.53. The molecule has 0 saturated carbocycles. The molecule has 1 fully saturated rings. The van der Waals surface area contributed by atoms with Gasteiger partial charge in [0.05, 0.1) is 12.0 Å². The number of hydrogen-bond acceptors (Lipinski definition) is 6. The molecule has 0 unspecified atom stereocenters. The summed E-state index contributed by atoms with van der Waals surface area (Å²) in [5, 5.41) is 9.03. The first kappa shape index (κ1) is 35.9. The quantitative estimate of drug-likeness (QED) is 0.176. The fraction of sp³-hybridized carbons (Fsp3) is 0.278. The van der Waals surface area contributed by atoms with E-state index in [0.29, 0.717) is 34.8 Å². The molecule has 0 spiro atoms. The van der Waals surface area contributed by atoms with Gasteiger partial charge in [-0.25, -0.2) is 22.0 Å². The minimum absolute atomic E-state index is 0.0915. The third-order valence-corrected chi connectivity index (χ3v) is 10.7. The van der Waals surface area contributed by atoms with Gasteiger partial charge in [0.25, 0.3) is 0 Å². The highest BCUT2D eigenvalue weighted by Crippen LogP contribution is 2.32. The van der Waals surface area contributed by atoms with Crippen molar-refractivity contribution in [3.8, 4) is 0 Å². The van der Waals surface area contributed by atoms with Crippen LogP contribution in [-0.2, 0) is 26.0 Å². The fourth-order valence-electron chi connectivity index (χ4n) is 6.16. The SMILES string of the molecule is COC(=O)N[C@H](C(=O)Nc1cccc(F)c1CC[C@H]1CNCCN1S(=O)(=O)c1ccccc1)[C@@H](c1ccc(Cl)cc1)c1cc(C)cc(F)c1. The van der Waals surface area contributed by atoms with E-state index in [-0.39, 0.29) is 35.5 Å². The molecule has 4 aromatic carbocycles. The number of aryl methyl sites for hydroxylation is 1. The summed E-state index contributed by atoms with van der Waals surface area (Å²) in [6.45, 7) is 2.79. The van der Waals surface area contributed by atoms with Gasteiger partial charge in [0.2, 0.25) is 15.9 Å². The Hall–Kier alpha value is -4.36. The Kier molecular flexibility index (Phi) is 11.7. The molecule has 2 amide bonds. The fourth-order valence-corrected chi connectivity index (χ4v) is 7.96. The monoisotopic (exact) mass is 710 g/mol. The molecule has 13 heteroatoms. The maximum Gasteiger partial charge on any atom is 0.407 e. The van der Waals surface area contributed by atoms with Crippen LogP contribution in [-0.4, -0.2) is 63.6 Å². The number of carbonyl (C=O) groups excluding carboxylic acids is 2. The number of halogens is 3. The van der Waals surface area contributed by atoms with Crippen molar-refractivity contribution in [1.82, 2.24) is 14.9 Å². The number of nitrogens with zero attached hydrogens (tertiary/aromatic N) is 1. The number of nitrogens with one attached hydrogen (secondary N) is 3. The van der Waals surface area contributed by atoms with Crippen molar-refractivity contribution in [3.63, 3.8) is 0 Å². The number of amides is 2. The van der Waals surface area contributed by atoms with E-state index < -0.39 is 51.7 Å². The van der Waals surface area contributed by atoms with Crippen molar-refractivity contribution in [1.29, 1.82) is 0 Å². The van der Waals surface area contributed by atoms with Gasteiger partial charge < -0.3 is 20.7 Å². The van der Waals surface area contributed by atoms with Gasteiger partial charge in [-0.15, -0.1) is 0 Å². The summed E-state index contributed by atoms with van der Waals surface area (Å²) >= 11 is 6.15. The van der Waals surface area contributed by atoms with Crippen LogP contribution < -0.4 is 16.0 Å². The molecular formula is C36H37ClF2N4O5S. The first-order chi connectivity index (χ1) is 23.5. The molecule has 1 aliphatic rings. The largest absolute Gasteiger partial charge is 0.453 e. The third-order valence-electron chi connectivity index (χ3n) is 8.48. The average Bonchev–Trinajstić information content (AvgIpc) is 3.08. The van der Waals surface area contributed by atoms with Crippen LogP contribution in [0.5, 0.6) is 0 Å². The van der Waals surface area contributed by atoms with Crippen LogP contribution in [0.4, 0.5) is 19.3 Å². The van der Waals surface area contributed by atoms with Crippen molar-refractivity contribution < 1.29 is 31.5 Å². The number of rotatable bonds is 11. The molecule has 258 valence electrons. The van der Waals surface area contributed by atoms with Gasteiger partial charge >= 0.3 is 6.09 Å². The van der Waals surface area contributed by atoms with Gasteiger partial charge in [0.15, 0.2) is 0 Å². The molecule has 49 heavy (non-hydrogen) atoms. The Morgan fingerprint density at radius 3 is 2.43 bits per heavy atom. The second-order valence-electron chi connectivity index (χ2n) is 11.8. The summed E-state index contributed by atoms with van der Waals surface area (Å²) in [6.07, 6.45) is -0.562. The Balaban J connectivity index is 1.46. The Bertz CT molecular complexity index is 1880. The summed E-state index contributed by atoms with van der Waals surface area (Å²) in [5.41, 5.74) is 1.86.